The largest absolute Gasteiger partial charge is 0.497 e. The predicted octanol–water partition coefficient (Wildman–Crippen LogP) is 2.63. The zero-order valence-electron chi connectivity index (χ0n) is 16.4. The molecule has 1 fully saturated rings. The highest BCUT2D eigenvalue weighted by atomic mass is 16.6. The van der Waals surface area contributed by atoms with Gasteiger partial charge in [0, 0.05) is 32.2 Å². The first-order valence-electron chi connectivity index (χ1n) is 9.88. The highest BCUT2D eigenvalue weighted by Crippen LogP contribution is 2.31. The minimum atomic E-state index is 0.298. The number of nitrogens with one attached hydrogen (secondary N) is 1. The summed E-state index contributed by atoms with van der Waals surface area (Å²) in [6.07, 6.45) is 0. The van der Waals surface area contributed by atoms with E-state index < -0.39 is 0 Å². The summed E-state index contributed by atoms with van der Waals surface area (Å²) >= 11 is 0. The molecule has 150 valence electrons. The number of nitrogens with zero attached hydrogens (tertiary/aromatic N) is 1. The summed E-state index contributed by atoms with van der Waals surface area (Å²) < 4.78 is 22.1. The van der Waals surface area contributed by atoms with E-state index in [1.807, 2.05) is 18.2 Å². The van der Waals surface area contributed by atoms with Crippen molar-refractivity contribution in [3.8, 4) is 17.2 Å². The number of hydrogen-bond acceptors (Lipinski definition) is 6. The summed E-state index contributed by atoms with van der Waals surface area (Å²) in [5.74, 6) is 2.55. The number of rotatable bonds is 7. The minimum Gasteiger partial charge on any atom is -0.497 e. The number of hydrogen-bond donors (Lipinski definition) is 1. The van der Waals surface area contributed by atoms with E-state index in [4.69, 9.17) is 18.9 Å². The van der Waals surface area contributed by atoms with E-state index in [0.29, 0.717) is 19.3 Å². The zero-order chi connectivity index (χ0) is 19.2. The number of fused-ring (bicyclic) bond motifs is 1. The molecule has 1 unspecified atom stereocenters. The first-order valence-corrected chi connectivity index (χ1v) is 9.88. The topological polar surface area (TPSA) is 52.2 Å². The fourth-order valence-corrected chi connectivity index (χ4v) is 3.72. The summed E-state index contributed by atoms with van der Waals surface area (Å²) in [6.45, 7) is 6.34. The van der Waals surface area contributed by atoms with Crippen LogP contribution in [-0.4, -0.2) is 58.1 Å². The number of methoxy groups -OCH3 is 1. The SMILES string of the molecule is COc1ccc(C(CNCc2ccc3c(c2)OCCO3)N2CCOCC2)cc1. The maximum absolute atomic E-state index is 5.69. The number of morpholine rings is 1. The molecule has 1 saturated heterocycles. The zero-order valence-corrected chi connectivity index (χ0v) is 16.4. The molecule has 0 amide bonds. The molecule has 0 spiro atoms. The Balaban J connectivity index is 1.41. The molecule has 1 N–H and O–H groups in total. The van der Waals surface area contributed by atoms with Gasteiger partial charge in [0.25, 0.3) is 0 Å². The van der Waals surface area contributed by atoms with Crippen molar-refractivity contribution in [2.24, 2.45) is 0 Å². The van der Waals surface area contributed by atoms with Gasteiger partial charge in [-0.05, 0) is 35.4 Å². The van der Waals surface area contributed by atoms with Gasteiger partial charge in [-0.25, -0.2) is 0 Å². The molecule has 2 aliphatic heterocycles. The van der Waals surface area contributed by atoms with Gasteiger partial charge in [0.05, 0.1) is 20.3 Å². The van der Waals surface area contributed by atoms with Crippen LogP contribution in [0.1, 0.15) is 17.2 Å². The molecule has 0 aliphatic carbocycles. The highest BCUT2D eigenvalue weighted by Gasteiger charge is 2.22. The summed E-state index contributed by atoms with van der Waals surface area (Å²) in [7, 11) is 1.70. The van der Waals surface area contributed by atoms with E-state index in [0.717, 1.165) is 56.6 Å². The fraction of sp³-hybridized carbons (Fsp3) is 0.455. The fourth-order valence-electron chi connectivity index (χ4n) is 3.72. The first kappa shape index (κ1) is 19.1. The molecule has 6 heteroatoms. The number of ether oxygens (including phenoxy) is 4. The molecule has 2 aromatic rings. The quantitative estimate of drug-likeness (QED) is 0.792. The van der Waals surface area contributed by atoms with Crippen LogP contribution in [0.3, 0.4) is 0 Å². The lowest BCUT2D eigenvalue weighted by molar-refractivity contribution is 0.0161. The molecule has 2 aromatic carbocycles. The second kappa shape index (κ2) is 9.28. The van der Waals surface area contributed by atoms with E-state index in [2.05, 4.69) is 34.5 Å². The highest BCUT2D eigenvalue weighted by molar-refractivity contribution is 5.43. The summed E-state index contributed by atoms with van der Waals surface area (Å²) in [5, 5.41) is 3.62. The number of benzene rings is 2. The Hall–Kier alpha value is -2.28. The van der Waals surface area contributed by atoms with Crippen molar-refractivity contribution in [1.29, 1.82) is 0 Å². The van der Waals surface area contributed by atoms with Gasteiger partial charge >= 0.3 is 0 Å². The van der Waals surface area contributed by atoms with Crippen molar-refractivity contribution in [1.82, 2.24) is 10.2 Å². The van der Waals surface area contributed by atoms with Crippen LogP contribution in [0.15, 0.2) is 42.5 Å². The molecule has 6 nitrogen and oxygen atoms in total. The van der Waals surface area contributed by atoms with Gasteiger partial charge < -0.3 is 24.3 Å². The third-order valence-corrected chi connectivity index (χ3v) is 5.26. The molecule has 0 saturated carbocycles. The van der Waals surface area contributed by atoms with E-state index in [1.54, 1.807) is 7.11 Å². The normalized spacial score (nSPS) is 17.9. The predicted molar refractivity (Wildman–Crippen MR) is 107 cm³/mol. The Morgan fingerprint density at radius 2 is 1.71 bits per heavy atom. The molecular weight excluding hydrogens is 356 g/mol. The molecule has 2 aliphatic rings. The van der Waals surface area contributed by atoms with E-state index in [9.17, 15) is 0 Å². The summed E-state index contributed by atoms with van der Waals surface area (Å²) in [5.41, 5.74) is 2.48. The second-order valence-electron chi connectivity index (χ2n) is 7.05. The van der Waals surface area contributed by atoms with Gasteiger partial charge in [0.1, 0.15) is 19.0 Å². The van der Waals surface area contributed by atoms with Gasteiger partial charge in [-0.1, -0.05) is 18.2 Å². The minimum absolute atomic E-state index is 0.298. The van der Waals surface area contributed by atoms with E-state index in [1.165, 1.54) is 11.1 Å². The summed E-state index contributed by atoms with van der Waals surface area (Å²) in [6, 6.07) is 14.8. The molecule has 0 bridgehead atoms. The van der Waals surface area contributed by atoms with Crippen molar-refractivity contribution >= 4 is 0 Å². The van der Waals surface area contributed by atoms with E-state index in [-0.39, 0.29) is 0 Å². The molecule has 2 heterocycles. The van der Waals surface area contributed by atoms with Crippen LogP contribution in [0.5, 0.6) is 17.2 Å². The molecular formula is C22H28N2O4. The monoisotopic (exact) mass is 384 g/mol. The molecule has 0 aromatic heterocycles. The Labute approximate surface area is 166 Å². The third-order valence-electron chi connectivity index (χ3n) is 5.26. The van der Waals surface area contributed by atoms with Crippen molar-refractivity contribution in [3.63, 3.8) is 0 Å². The molecule has 28 heavy (non-hydrogen) atoms. The Morgan fingerprint density at radius 1 is 0.964 bits per heavy atom. The molecule has 0 radical (unpaired) electrons. The van der Waals surface area contributed by atoms with Crippen LogP contribution in [0.25, 0.3) is 0 Å². The van der Waals surface area contributed by atoms with Crippen LogP contribution in [0, 0.1) is 0 Å². The van der Waals surface area contributed by atoms with Gasteiger partial charge in [0.2, 0.25) is 0 Å². The standard InChI is InChI=1S/C22H28N2O4/c1-25-19-5-3-18(4-6-19)20(24-8-10-26-11-9-24)16-23-15-17-2-7-21-22(14-17)28-13-12-27-21/h2-7,14,20,23H,8-13,15-16H2,1H3. The second-order valence-corrected chi connectivity index (χ2v) is 7.05. The Morgan fingerprint density at radius 3 is 2.46 bits per heavy atom. The molecule has 1 atom stereocenters. The first-order chi connectivity index (χ1) is 13.8. The van der Waals surface area contributed by atoms with Crippen LogP contribution >= 0.6 is 0 Å². The average Bonchev–Trinajstić information content (AvgIpc) is 2.77. The Bertz CT molecular complexity index is 760. The van der Waals surface area contributed by atoms with Crippen molar-refractivity contribution in [2.45, 2.75) is 12.6 Å². The smallest absolute Gasteiger partial charge is 0.161 e. The van der Waals surface area contributed by atoms with Gasteiger partial charge in [-0.2, -0.15) is 0 Å². The van der Waals surface area contributed by atoms with Crippen LogP contribution in [0.2, 0.25) is 0 Å². The van der Waals surface area contributed by atoms with Crippen LogP contribution in [-0.2, 0) is 11.3 Å². The Kier molecular flexibility index (Phi) is 6.31. The van der Waals surface area contributed by atoms with Gasteiger partial charge in [-0.15, -0.1) is 0 Å². The average molecular weight is 384 g/mol. The lowest BCUT2D eigenvalue weighted by Crippen LogP contribution is -2.42. The maximum Gasteiger partial charge on any atom is 0.161 e. The van der Waals surface area contributed by atoms with Crippen molar-refractivity contribution in [3.05, 3.63) is 53.6 Å². The third kappa shape index (κ3) is 4.58. The van der Waals surface area contributed by atoms with Crippen molar-refractivity contribution in [2.75, 3.05) is 53.2 Å². The van der Waals surface area contributed by atoms with E-state index >= 15 is 0 Å². The lowest BCUT2D eigenvalue weighted by Gasteiger charge is -2.35. The maximum atomic E-state index is 5.69. The van der Waals surface area contributed by atoms with Crippen molar-refractivity contribution < 1.29 is 18.9 Å². The van der Waals surface area contributed by atoms with Crippen LogP contribution in [0.4, 0.5) is 0 Å². The van der Waals surface area contributed by atoms with Crippen LogP contribution < -0.4 is 19.5 Å². The summed E-state index contributed by atoms with van der Waals surface area (Å²) in [4.78, 5) is 2.49. The van der Waals surface area contributed by atoms with Gasteiger partial charge in [0.15, 0.2) is 11.5 Å². The lowest BCUT2D eigenvalue weighted by atomic mass is 10.0. The van der Waals surface area contributed by atoms with Gasteiger partial charge in [-0.3, -0.25) is 4.90 Å². The molecule has 4 rings (SSSR count).